The summed E-state index contributed by atoms with van der Waals surface area (Å²) in [7, 11) is 0. The number of carbonyl (C=O) groups is 1. The Balaban J connectivity index is 0.00000256. The van der Waals surface area contributed by atoms with Crippen molar-refractivity contribution in [3.63, 3.8) is 0 Å². The van der Waals surface area contributed by atoms with Crippen LogP contribution in [0, 0.1) is 6.92 Å². The maximum Gasteiger partial charge on any atom is 0.220 e. The average Bonchev–Trinajstić information content (AvgIpc) is 2.26. The van der Waals surface area contributed by atoms with Gasteiger partial charge in [0.25, 0.3) is 0 Å². The van der Waals surface area contributed by atoms with Gasteiger partial charge < -0.3 is 11.1 Å². The molecule has 0 aliphatic carbocycles. The summed E-state index contributed by atoms with van der Waals surface area (Å²) in [5.74, 6) is 0.320. The van der Waals surface area contributed by atoms with Crippen LogP contribution in [0.25, 0.3) is 0 Å². The van der Waals surface area contributed by atoms with Crippen LogP contribution >= 0.6 is 12.4 Å². The third-order valence-electron chi connectivity index (χ3n) is 2.68. The molecule has 1 atom stereocenters. The van der Waals surface area contributed by atoms with Gasteiger partial charge in [0, 0.05) is 19.5 Å². The second-order valence-electron chi connectivity index (χ2n) is 4.10. The third-order valence-corrected chi connectivity index (χ3v) is 2.68. The first-order chi connectivity index (χ1) is 7.65. The van der Waals surface area contributed by atoms with E-state index in [9.17, 15) is 4.79 Å². The summed E-state index contributed by atoms with van der Waals surface area (Å²) in [6.07, 6.45) is 0.519. The largest absolute Gasteiger partial charge is 0.355 e. The Bertz CT molecular complexity index is 355. The SMILES string of the molecule is Cc1ccccc1C(C)CC(=O)NCCN.Cl. The number of amides is 1. The van der Waals surface area contributed by atoms with Crippen molar-refractivity contribution in [3.05, 3.63) is 35.4 Å². The average molecular weight is 257 g/mol. The van der Waals surface area contributed by atoms with E-state index in [4.69, 9.17) is 5.73 Å². The molecule has 0 aliphatic rings. The Morgan fingerprint density at radius 1 is 1.41 bits per heavy atom. The van der Waals surface area contributed by atoms with Gasteiger partial charge in [-0.05, 0) is 24.0 Å². The number of nitrogens with two attached hydrogens (primary N) is 1. The number of hydrogen-bond acceptors (Lipinski definition) is 2. The number of aryl methyl sites for hydroxylation is 1. The van der Waals surface area contributed by atoms with E-state index in [1.807, 2.05) is 12.1 Å². The van der Waals surface area contributed by atoms with E-state index in [1.54, 1.807) is 0 Å². The minimum atomic E-state index is 0. The molecular weight excluding hydrogens is 236 g/mol. The predicted molar refractivity (Wildman–Crippen MR) is 73.5 cm³/mol. The van der Waals surface area contributed by atoms with E-state index in [0.717, 1.165) is 0 Å². The maximum atomic E-state index is 11.5. The minimum absolute atomic E-state index is 0. The van der Waals surface area contributed by atoms with Crippen molar-refractivity contribution in [1.29, 1.82) is 0 Å². The molecule has 1 unspecified atom stereocenters. The highest BCUT2D eigenvalue weighted by molar-refractivity contribution is 5.85. The van der Waals surface area contributed by atoms with Crippen LogP contribution in [0.5, 0.6) is 0 Å². The molecule has 3 nitrogen and oxygen atoms in total. The number of hydrogen-bond donors (Lipinski definition) is 2. The number of benzene rings is 1. The van der Waals surface area contributed by atoms with Gasteiger partial charge in [0.05, 0.1) is 0 Å². The normalized spacial score (nSPS) is 11.5. The highest BCUT2D eigenvalue weighted by atomic mass is 35.5. The van der Waals surface area contributed by atoms with Crippen molar-refractivity contribution in [3.8, 4) is 0 Å². The van der Waals surface area contributed by atoms with E-state index < -0.39 is 0 Å². The summed E-state index contributed by atoms with van der Waals surface area (Å²) in [5, 5.41) is 2.79. The first kappa shape index (κ1) is 15.9. The molecule has 0 spiro atoms. The zero-order valence-corrected chi connectivity index (χ0v) is 11.2. The zero-order chi connectivity index (χ0) is 12.0. The van der Waals surface area contributed by atoms with E-state index in [1.165, 1.54) is 11.1 Å². The Labute approximate surface area is 109 Å². The van der Waals surface area contributed by atoms with Crippen LogP contribution in [-0.4, -0.2) is 19.0 Å². The van der Waals surface area contributed by atoms with Crippen LogP contribution in [0.2, 0.25) is 0 Å². The van der Waals surface area contributed by atoms with Gasteiger partial charge >= 0.3 is 0 Å². The second-order valence-corrected chi connectivity index (χ2v) is 4.10. The predicted octanol–water partition coefficient (Wildman–Crippen LogP) is 1.99. The lowest BCUT2D eigenvalue weighted by atomic mass is 9.93. The van der Waals surface area contributed by atoms with Crippen LogP contribution in [-0.2, 0) is 4.79 Å². The first-order valence-electron chi connectivity index (χ1n) is 5.67. The first-order valence-corrected chi connectivity index (χ1v) is 5.67. The molecule has 0 fully saturated rings. The van der Waals surface area contributed by atoms with Crippen LogP contribution in [0.4, 0.5) is 0 Å². The van der Waals surface area contributed by atoms with Gasteiger partial charge in [0.1, 0.15) is 0 Å². The summed E-state index contributed by atoms with van der Waals surface area (Å²) in [4.78, 5) is 11.5. The highest BCUT2D eigenvalue weighted by Crippen LogP contribution is 2.21. The lowest BCUT2D eigenvalue weighted by Crippen LogP contribution is -2.29. The van der Waals surface area contributed by atoms with Crippen LogP contribution in [0.3, 0.4) is 0 Å². The van der Waals surface area contributed by atoms with Gasteiger partial charge in [-0.2, -0.15) is 0 Å². The number of halogens is 1. The molecule has 3 N–H and O–H groups in total. The molecule has 1 rings (SSSR count). The van der Waals surface area contributed by atoms with E-state index in [-0.39, 0.29) is 24.2 Å². The van der Waals surface area contributed by atoms with E-state index in [0.29, 0.717) is 19.5 Å². The fraction of sp³-hybridized carbons (Fsp3) is 0.462. The fourth-order valence-corrected chi connectivity index (χ4v) is 1.81. The third kappa shape index (κ3) is 5.20. The molecule has 0 heterocycles. The Morgan fingerprint density at radius 2 is 2.06 bits per heavy atom. The second kappa shape index (κ2) is 8.09. The summed E-state index contributed by atoms with van der Waals surface area (Å²) >= 11 is 0. The molecule has 96 valence electrons. The summed E-state index contributed by atoms with van der Waals surface area (Å²) < 4.78 is 0. The maximum absolute atomic E-state index is 11.5. The summed E-state index contributed by atoms with van der Waals surface area (Å²) in [6, 6.07) is 8.18. The number of rotatable bonds is 5. The monoisotopic (exact) mass is 256 g/mol. The van der Waals surface area contributed by atoms with Crippen molar-refractivity contribution in [2.45, 2.75) is 26.2 Å². The van der Waals surface area contributed by atoms with Crippen molar-refractivity contribution >= 4 is 18.3 Å². The van der Waals surface area contributed by atoms with Crippen LogP contribution in [0.15, 0.2) is 24.3 Å². The lowest BCUT2D eigenvalue weighted by molar-refractivity contribution is -0.121. The molecule has 1 aromatic rings. The molecule has 4 heteroatoms. The molecule has 1 amide bonds. The zero-order valence-electron chi connectivity index (χ0n) is 10.4. The van der Waals surface area contributed by atoms with Gasteiger partial charge in [-0.15, -0.1) is 12.4 Å². The van der Waals surface area contributed by atoms with Gasteiger partial charge in [0.2, 0.25) is 5.91 Å². The standard InChI is InChI=1S/C13H20N2O.ClH/c1-10-5-3-4-6-12(10)11(2)9-13(16)15-8-7-14;/h3-6,11H,7-9,14H2,1-2H3,(H,15,16);1H. The van der Waals surface area contributed by atoms with Crippen molar-refractivity contribution in [1.82, 2.24) is 5.32 Å². The van der Waals surface area contributed by atoms with Gasteiger partial charge in [0.15, 0.2) is 0 Å². The van der Waals surface area contributed by atoms with Crippen LogP contribution < -0.4 is 11.1 Å². The molecule has 1 aromatic carbocycles. The molecule has 0 aromatic heterocycles. The smallest absolute Gasteiger partial charge is 0.220 e. The van der Waals surface area contributed by atoms with Crippen molar-refractivity contribution < 1.29 is 4.79 Å². The van der Waals surface area contributed by atoms with Crippen molar-refractivity contribution in [2.75, 3.05) is 13.1 Å². The van der Waals surface area contributed by atoms with Crippen molar-refractivity contribution in [2.24, 2.45) is 5.73 Å². The van der Waals surface area contributed by atoms with E-state index in [2.05, 4.69) is 31.3 Å². The highest BCUT2D eigenvalue weighted by Gasteiger charge is 2.12. The van der Waals surface area contributed by atoms with Gasteiger partial charge in [-0.1, -0.05) is 31.2 Å². The van der Waals surface area contributed by atoms with Gasteiger partial charge in [-0.3, -0.25) is 4.79 Å². The Kier molecular flexibility index (Phi) is 7.59. The number of carbonyl (C=O) groups excluding carboxylic acids is 1. The molecule has 0 bridgehead atoms. The minimum Gasteiger partial charge on any atom is -0.355 e. The van der Waals surface area contributed by atoms with Gasteiger partial charge in [-0.25, -0.2) is 0 Å². The van der Waals surface area contributed by atoms with E-state index >= 15 is 0 Å². The topological polar surface area (TPSA) is 55.1 Å². The molecular formula is C13H21ClN2O. The quantitative estimate of drug-likeness (QED) is 0.847. The summed E-state index contributed by atoms with van der Waals surface area (Å²) in [6.45, 7) is 5.19. The fourth-order valence-electron chi connectivity index (χ4n) is 1.81. The van der Waals surface area contributed by atoms with Crippen LogP contribution in [0.1, 0.15) is 30.4 Å². The number of nitrogens with one attached hydrogen (secondary N) is 1. The molecule has 0 saturated heterocycles. The lowest BCUT2D eigenvalue weighted by Gasteiger charge is -2.14. The summed E-state index contributed by atoms with van der Waals surface area (Å²) in [5.41, 5.74) is 7.81. The Morgan fingerprint density at radius 3 is 2.65 bits per heavy atom. The molecule has 17 heavy (non-hydrogen) atoms. The molecule has 0 saturated carbocycles. The molecule has 0 radical (unpaired) electrons. The molecule has 0 aliphatic heterocycles. The Hall–Kier alpha value is -1.06.